The topological polar surface area (TPSA) is 32.8 Å². The van der Waals surface area contributed by atoms with Gasteiger partial charge in [-0.2, -0.15) is 0 Å². The monoisotopic (exact) mass is 304 g/mol. The largest absolute Gasteiger partial charge is 0.393 e. The number of fused-ring (bicyclic) bond motifs is 6. The third kappa shape index (κ3) is 1.59. The standard InChI is InChI=1S/C20H32O2/c1-18-8-5-14(21)11-13(18)3-4-15-16(18)6-9-19(2)17(15)7-10-20(19)12-22-20/h13-17,21H,3-12H2,1-2H3/t13-,14-,15-,16+,17+,18+,19+,20-/m0/s1. The molecule has 1 heterocycles. The highest BCUT2D eigenvalue weighted by Crippen LogP contribution is 2.71. The highest BCUT2D eigenvalue weighted by molar-refractivity contribution is 5.18. The molecule has 5 aliphatic rings. The Kier molecular flexibility index (Phi) is 2.79. The Bertz CT molecular complexity index is 484. The van der Waals surface area contributed by atoms with Crippen molar-refractivity contribution in [2.24, 2.45) is 34.5 Å². The number of rotatable bonds is 0. The van der Waals surface area contributed by atoms with Crippen molar-refractivity contribution in [2.75, 3.05) is 6.61 Å². The van der Waals surface area contributed by atoms with E-state index in [4.69, 9.17) is 4.74 Å². The SMILES string of the molecule is C[C@@]12CC[C@H](O)C[C@@H]1CC[C@H]1[C@H]2CC[C@]2(C)[C@@H]1CC[C@]21CO1. The Labute approximate surface area is 135 Å². The number of ether oxygens (including phenoxy) is 1. The van der Waals surface area contributed by atoms with Gasteiger partial charge in [-0.15, -0.1) is 0 Å². The van der Waals surface area contributed by atoms with Crippen molar-refractivity contribution in [3.05, 3.63) is 0 Å². The summed E-state index contributed by atoms with van der Waals surface area (Å²) in [6, 6.07) is 0. The Morgan fingerprint density at radius 2 is 1.68 bits per heavy atom. The van der Waals surface area contributed by atoms with Gasteiger partial charge in [-0.1, -0.05) is 13.8 Å². The van der Waals surface area contributed by atoms with E-state index in [1.165, 1.54) is 44.9 Å². The van der Waals surface area contributed by atoms with E-state index in [1.54, 1.807) is 0 Å². The zero-order valence-corrected chi connectivity index (χ0v) is 14.3. The highest BCUT2D eigenvalue weighted by atomic mass is 16.6. The number of hydrogen-bond donors (Lipinski definition) is 1. The van der Waals surface area contributed by atoms with Gasteiger partial charge in [0, 0.05) is 5.41 Å². The normalized spacial score (nSPS) is 63.1. The van der Waals surface area contributed by atoms with E-state index in [1.807, 2.05) is 0 Å². The van der Waals surface area contributed by atoms with E-state index in [2.05, 4.69) is 13.8 Å². The van der Waals surface area contributed by atoms with Crippen molar-refractivity contribution in [1.82, 2.24) is 0 Å². The van der Waals surface area contributed by atoms with Crippen LogP contribution in [0.4, 0.5) is 0 Å². The molecule has 0 radical (unpaired) electrons. The predicted octanol–water partition coefficient (Wildman–Crippen LogP) is 4.16. The van der Waals surface area contributed by atoms with Crippen molar-refractivity contribution < 1.29 is 9.84 Å². The van der Waals surface area contributed by atoms with E-state index in [9.17, 15) is 5.11 Å². The lowest BCUT2D eigenvalue weighted by atomic mass is 9.44. The van der Waals surface area contributed by atoms with E-state index in [0.717, 1.165) is 43.1 Å². The summed E-state index contributed by atoms with van der Waals surface area (Å²) in [6.45, 7) is 6.19. The third-order valence-electron chi connectivity index (χ3n) is 9.42. The molecule has 0 aromatic rings. The molecule has 1 saturated heterocycles. The molecule has 124 valence electrons. The molecule has 5 fully saturated rings. The van der Waals surface area contributed by atoms with Gasteiger partial charge in [0.2, 0.25) is 0 Å². The van der Waals surface area contributed by atoms with Gasteiger partial charge in [-0.3, -0.25) is 0 Å². The number of epoxide rings is 1. The van der Waals surface area contributed by atoms with E-state index >= 15 is 0 Å². The molecule has 0 aromatic carbocycles. The molecule has 4 aliphatic carbocycles. The van der Waals surface area contributed by atoms with E-state index in [-0.39, 0.29) is 6.10 Å². The second-order valence-electron chi connectivity index (χ2n) is 9.86. The molecule has 8 atom stereocenters. The Hall–Kier alpha value is -0.0800. The van der Waals surface area contributed by atoms with Crippen LogP contribution in [0.15, 0.2) is 0 Å². The number of aliphatic hydroxyl groups is 1. The van der Waals surface area contributed by atoms with Crippen molar-refractivity contribution in [1.29, 1.82) is 0 Å². The van der Waals surface area contributed by atoms with Crippen LogP contribution in [0.3, 0.4) is 0 Å². The molecular formula is C20H32O2. The second-order valence-corrected chi connectivity index (χ2v) is 9.86. The predicted molar refractivity (Wildman–Crippen MR) is 86.4 cm³/mol. The quantitative estimate of drug-likeness (QED) is 0.682. The summed E-state index contributed by atoms with van der Waals surface area (Å²) in [4.78, 5) is 0. The lowest BCUT2D eigenvalue weighted by Gasteiger charge is -2.60. The number of aliphatic hydroxyl groups excluding tert-OH is 1. The minimum absolute atomic E-state index is 0.0157. The van der Waals surface area contributed by atoms with Crippen LogP contribution in [0.25, 0.3) is 0 Å². The Balaban J connectivity index is 1.46. The molecule has 0 unspecified atom stereocenters. The third-order valence-corrected chi connectivity index (χ3v) is 9.42. The molecule has 5 rings (SSSR count). The molecule has 2 heteroatoms. The van der Waals surface area contributed by atoms with Gasteiger partial charge < -0.3 is 9.84 Å². The van der Waals surface area contributed by atoms with Crippen LogP contribution in [0.2, 0.25) is 0 Å². The van der Waals surface area contributed by atoms with Crippen molar-refractivity contribution >= 4 is 0 Å². The first kappa shape index (κ1) is 14.3. The second kappa shape index (κ2) is 4.30. The van der Waals surface area contributed by atoms with Gasteiger partial charge in [-0.05, 0) is 86.9 Å². The summed E-state index contributed by atoms with van der Waals surface area (Å²) in [5.74, 6) is 3.57. The molecule has 1 aliphatic heterocycles. The lowest BCUT2D eigenvalue weighted by molar-refractivity contribution is -0.128. The molecular weight excluding hydrogens is 272 g/mol. The van der Waals surface area contributed by atoms with E-state index in [0.29, 0.717) is 16.4 Å². The zero-order valence-electron chi connectivity index (χ0n) is 14.3. The average molecular weight is 304 g/mol. The first-order valence-electron chi connectivity index (χ1n) is 9.81. The summed E-state index contributed by atoms with van der Waals surface area (Å²) < 4.78 is 6.02. The first-order valence-corrected chi connectivity index (χ1v) is 9.81. The van der Waals surface area contributed by atoms with Gasteiger partial charge in [0.15, 0.2) is 0 Å². The molecule has 4 saturated carbocycles. The van der Waals surface area contributed by atoms with Gasteiger partial charge in [0.05, 0.1) is 18.3 Å². The Morgan fingerprint density at radius 3 is 2.45 bits per heavy atom. The maximum atomic E-state index is 10.1. The molecule has 0 amide bonds. The van der Waals surface area contributed by atoms with Gasteiger partial charge in [0.1, 0.15) is 0 Å². The fourth-order valence-electron chi connectivity index (χ4n) is 7.89. The molecule has 0 bridgehead atoms. The van der Waals surface area contributed by atoms with Crippen LogP contribution in [-0.4, -0.2) is 23.4 Å². The molecule has 1 spiro atoms. The maximum absolute atomic E-state index is 10.1. The summed E-state index contributed by atoms with van der Waals surface area (Å²) in [7, 11) is 0. The summed E-state index contributed by atoms with van der Waals surface area (Å²) >= 11 is 0. The van der Waals surface area contributed by atoms with Crippen molar-refractivity contribution in [3.63, 3.8) is 0 Å². The van der Waals surface area contributed by atoms with Crippen molar-refractivity contribution in [3.8, 4) is 0 Å². The van der Waals surface area contributed by atoms with Crippen LogP contribution in [0.1, 0.15) is 71.6 Å². The fourth-order valence-corrected chi connectivity index (χ4v) is 7.89. The summed E-state index contributed by atoms with van der Waals surface area (Å²) in [6.07, 6.45) is 11.7. The lowest BCUT2D eigenvalue weighted by Crippen LogP contribution is -2.54. The number of hydrogen-bond acceptors (Lipinski definition) is 2. The van der Waals surface area contributed by atoms with Crippen LogP contribution in [0, 0.1) is 34.5 Å². The smallest absolute Gasteiger partial charge is 0.0972 e. The zero-order chi connectivity index (χ0) is 15.2. The summed E-state index contributed by atoms with van der Waals surface area (Å²) in [5.41, 5.74) is 1.29. The highest BCUT2D eigenvalue weighted by Gasteiger charge is 2.69. The van der Waals surface area contributed by atoms with Gasteiger partial charge in [-0.25, -0.2) is 0 Å². The minimum atomic E-state index is -0.0157. The Morgan fingerprint density at radius 1 is 0.909 bits per heavy atom. The molecule has 2 nitrogen and oxygen atoms in total. The van der Waals surface area contributed by atoms with Crippen LogP contribution >= 0.6 is 0 Å². The summed E-state index contributed by atoms with van der Waals surface area (Å²) in [5, 5.41) is 10.1. The van der Waals surface area contributed by atoms with Crippen LogP contribution in [-0.2, 0) is 4.74 Å². The average Bonchev–Trinajstić information content (AvgIpc) is 3.22. The van der Waals surface area contributed by atoms with E-state index < -0.39 is 0 Å². The minimum Gasteiger partial charge on any atom is -0.393 e. The molecule has 0 aromatic heterocycles. The molecule has 22 heavy (non-hydrogen) atoms. The van der Waals surface area contributed by atoms with Gasteiger partial charge in [0.25, 0.3) is 0 Å². The maximum Gasteiger partial charge on any atom is 0.0972 e. The van der Waals surface area contributed by atoms with Crippen LogP contribution in [0.5, 0.6) is 0 Å². The fraction of sp³-hybridized carbons (Fsp3) is 1.00. The molecule has 1 N–H and O–H groups in total. The van der Waals surface area contributed by atoms with Gasteiger partial charge >= 0.3 is 0 Å². The van der Waals surface area contributed by atoms with Crippen LogP contribution < -0.4 is 0 Å². The first-order chi connectivity index (χ1) is 10.5. The van der Waals surface area contributed by atoms with Crippen molar-refractivity contribution in [2.45, 2.75) is 83.3 Å².